The van der Waals surface area contributed by atoms with E-state index in [1.165, 1.54) is 0 Å². The second-order valence-electron chi connectivity index (χ2n) is 6.94. The van der Waals surface area contributed by atoms with Crippen LogP contribution in [-0.4, -0.2) is 35.5 Å². The van der Waals surface area contributed by atoms with Crippen LogP contribution >= 0.6 is 0 Å². The van der Waals surface area contributed by atoms with Crippen LogP contribution in [0.25, 0.3) is 0 Å². The smallest absolute Gasteiger partial charge is 0.330 e. The molecule has 1 fully saturated rings. The van der Waals surface area contributed by atoms with Gasteiger partial charge in [0.25, 0.3) is 0 Å². The van der Waals surface area contributed by atoms with Crippen LogP contribution in [0.3, 0.4) is 0 Å². The Morgan fingerprint density at radius 2 is 1.77 bits per heavy atom. The quantitative estimate of drug-likeness (QED) is 0.581. The van der Waals surface area contributed by atoms with Crippen LogP contribution in [0.15, 0.2) is 30.3 Å². The van der Waals surface area contributed by atoms with Crippen LogP contribution < -0.4 is 16.4 Å². The molecule has 0 heterocycles. The van der Waals surface area contributed by atoms with E-state index < -0.39 is 18.1 Å². The molecule has 26 heavy (non-hydrogen) atoms. The van der Waals surface area contributed by atoms with Gasteiger partial charge in [-0.3, -0.25) is 9.59 Å². The number of carboxylic acid groups (broad SMARTS) is 1. The molecule has 1 aromatic carbocycles. The maximum absolute atomic E-state index is 12.5. The van der Waals surface area contributed by atoms with Crippen molar-refractivity contribution >= 4 is 17.8 Å². The van der Waals surface area contributed by atoms with E-state index in [1.807, 2.05) is 0 Å². The van der Waals surface area contributed by atoms with Gasteiger partial charge in [-0.25, -0.2) is 4.79 Å². The maximum atomic E-state index is 12.5. The zero-order chi connectivity index (χ0) is 19.1. The first kappa shape index (κ1) is 19.9. The fraction of sp³-hybridized carbons (Fsp3) is 0.526. The molecule has 0 aliphatic heterocycles. The largest absolute Gasteiger partial charge is 0.479 e. The van der Waals surface area contributed by atoms with E-state index in [0.29, 0.717) is 30.9 Å². The number of amides is 2. The minimum Gasteiger partial charge on any atom is -0.479 e. The molecule has 5 N–H and O–H groups in total. The third-order valence-electron chi connectivity index (χ3n) is 4.86. The van der Waals surface area contributed by atoms with Crippen molar-refractivity contribution in [2.24, 2.45) is 17.6 Å². The summed E-state index contributed by atoms with van der Waals surface area (Å²) in [5, 5.41) is 14.9. The van der Waals surface area contributed by atoms with Gasteiger partial charge in [0, 0.05) is 12.5 Å². The summed E-state index contributed by atoms with van der Waals surface area (Å²) in [6.45, 7) is 2.21. The molecule has 7 nitrogen and oxygen atoms in total. The number of benzene rings is 1. The predicted octanol–water partition coefficient (Wildman–Crippen LogP) is 1.20. The Morgan fingerprint density at radius 1 is 1.15 bits per heavy atom. The van der Waals surface area contributed by atoms with Crippen molar-refractivity contribution in [2.45, 2.75) is 44.7 Å². The van der Waals surface area contributed by atoms with Crippen molar-refractivity contribution in [3.8, 4) is 0 Å². The van der Waals surface area contributed by atoms with Gasteiger partial charge in [-0.2, -0.15) is 0 Å². The fourth-order valence-corrected chi connectivity index (χ4v) is 3.23. The molecule has 1 aliphatic carbocycles. The standard InChI is InChI=1S/C19H27N3O4/c1-12(20)17(23)21-11-13-7-9-15(10-8-13)18(24)22-16(19(25)26)14-5-3-2-4-6-14/h2-6,12-13,15-16H,7-11,20H2,1H3,(H,21,23)(H,22,24)(H,25,26). The van der Waals surface area contributed by atoms with E-state index in [1.54, 1.807) is 37.3 Å². The van der Waals surface area contributed by atoms with Gasteiger partial charge in [-0.05, 0) is 44.1 Å². The molecule has 7 heteroatoms. The highest BCUT2D eigenvalue weighted by Crippen LogP contribution is 2.29. The molecule has 0 spiro atoms. The molecular weight excluding hydrogens is 334 g/mol. The monoisotopic (exact) mass is 361 g/mol. The molecule has 0 saturated heterocycles. The third kappa shape index (κ3) is 5.56. The number of carbonyl (C=O) groups excluding carboxylic acids is 2. The Kier molecular flexibility index (Phi) is 7.15. The van der Waals surface area contributed by atoms with Gasteiger partial charge in [0.05, 0.1) is 6.04 Å². The van der Waals surface area contributed by atoms with E-state index in [9.17, 15) is 19.5 Å². The van der Waals surface area contributed by atoms with E-state index in [4.69, 9.17) is 5.73 Å². The lowest BCUT2D eigenvalue weighted by Crippen LogP contribution is -2.42. The van der Waals surface area contributed by atoms with Crippen LogP contribution in [-0.2, 0) is 14.4 Å². The number of nitrogens with one attached hydrogen (secondary N) is 2. The molecule has 1 saturated carbocycles. The van der Waals surface area contributed by atoms with Crippen LogP contribution in [0.4, 0.5) is 0 Å². The molecule has 142 valence electrons. The molecule has 1 aliphatic rings. The van der Waals surface area contributed by atoms with E-state index in [2.05, 4.69) is 10.6 Å². The summed E-state index contributed by atoms with van der Waals surface area (Å²) in [4.78, 5) is 35.5. The second-order valence-corrected chi connectivity index (χ2v) is 6.94. The first-order chi connectivity index (χ1) is 12.4. The number of hydrogen-bond acceptors (Lipinski definition) is 4. The number of carbonyl (C=O) groups is 3. The van der Waals surface area contributed by atoms with Crippen molar-refractivity contribution in [2.75, 3.05) is 6.54 Å². The summed E-state index contributed by atoms with van der Waals surface area (Å²) in [6.07, 6.45) is 3.01. The lowest BCUT2D eigenvalue weighted by molar-refractivity contribution is -0.143. The van der Waals surface area contributed by atoms with Crippen molar-refractivity contribution < 1.29 is 19.5 Å². The molecule has 0 aromatic heterocycles. The normalized spacial score (nSPS) is 22.1. The summed E-state index contributed by atoms with van der Waals surface area (Å²) < 4.78 is 0. The molecule has 1 aromatic rings. The maximum Gasteiger partial charge on any atom is 0.330 e. The van der Waals surface area contributed by atoms with Crippen molar-refractivity contribution in [3.05, 3.63) is 35.9 Å². The minimum atomic E-state index is -1.07. The lowest BCUT2D eigenvalue weighted by atomic mass is 9.81. The highest BCUT2D eigenvalue weighted by Gasteiger charge is 2.30. The molecule has 0 radical (unpaired) electrons. The molecule has 2 atom stereocenters. The van der Waals surface area contributed by atoms with Crippen molar-refractivity contribution in [3.63, 3.8) is 0 Å². The highest BCUT2D eigenvalue weighted by atomic mass is 16.4. The van der Waals surface area contributed by atoms with Gasteiger partial charge in [-0.15, -0.1) is 0 Å². The average molecular weight is 361 g/mol. The van der Waals surface area contributed by atoms with Gasteiger partial charge in [-0.1, -0.05) is 30.3 Å². The Hall–Kier alpha value is -2.41. The summed E-state index contributed by atoms with van der Waals surface area (Å²) in [7, 11) is 0. The fourth-order valence-electron chi connectivity index (χ4n) is 3.23. The number of nitrogens with two attached hydrogens (primary N) is 1. The molecule has 2 unspecified atom stereocenters. The summed E-state index contributed by atoms with van der Waals surface area (Å²) in [6, 6.07) is 7.12. The Labute approximate surface area is 153 Å². The minimum absolute atomic E-state index is 0.169. The Bertz CT molecular complexity index is 625. The van der Waals surface area contributed by atoms with Crippen LogP contribution in [0.2, 0.25) is 0 Å². The zero-order valence-corrected chi connectivity index (χ0v) is 15.0. The number of rotatable bonds is 7. The molecular formula is C19H27N3O4. The first-order valence-corrected chi connectivity index (χ1v) is 9.00. The molecule has 2 rings (SSSR count). The van der Waals surface area contributed by atoms with Gasteiger partial charge >= 0.3 is 5.97 Å². The SMILES string of the molecule is CC(N)C(=O)NCC1CCC(C(=O)NC(C(=O)O)c2ccccc2)CC1. The Morgan fingerprint density at radius 3 is 2.31 bits per heavy atom. The number of carboxylic acids is 1. The van der Waals surface area contributed by atoms with Crippen LogP contribution in [0, 0.1) is 11.8 Å². The molecule has 2 amide bonds. The zero-order valence-electron chi connectivity index (χ0n) is 15.0. The molecule has 0 bridgehead atoms. The van der Waals surface area contributed by atoms with E-state index in [-0.39, 0.29) is 17.7 Å². The predicted molar refractivity (Wildman–Crippen MR) is 97.1 cm³/mol. The second kappa shape index (κ2) is 9.33. The lowest BCUT2D eigenvalue weighted by Gasteiger charge is -2.29. The van der Waals surface area contributed by atoms with Gasteiger partial charge in [0.1, 0.15) is 0 Å². The number of hydrogen-bond donors (Lipinski definition) is 4. The van der Waals surface area contributed by atoms with E-state index >= 15 is 0 Å². The van der Waals surface area contributed by atoms with Gasteiger partial charge in [0.2, 0.25) is 11.8 Å². The van der Waals surface area contributed by atoms with Crippen molar-refractivity contribution in [1.29, 1.82) is 0 Å². The van der Waals surface area contributed by atoms with Crippen molar-refractivity contribution in [1.82, 2.24) is 10.6 Å². The van der Waals surface area contributed by atoms with Gasteiger partial charge < -0.3 is 21.5 Å². The van der Waals surface area contributed by atoms with E-state index in [0.717, 1.165) is 12.8 Å². The average Bonchev–Trinajstić information content (AvgIpc) is 2.64. The highest BCUT2D eigenvalue weighted by molar-refractivity contribution is 5.86. The van der Waals surface area contributed by atoms with Crippen LogP contribution in [0.1, 0.15) is 44.2 Å². The Balaban J connectivity index is 1.84. The topological polar surface area (TPSA) is 122 Å². The summed E-state index contributed by atoms with van der Waals surface area (Å²) in [5.74, 6) is -1.33. The first-order valence-electron chi connectivity index (χ1n) is 9.00. The summed E-state index contributed by atoms with van der Waals surface area (Å²) >= 11 is 0. The summed E-state index contributed by atoms with van der Waals surface area (Å²) in [5.41, 5.74) is 6.08. The van der Waals surface area contributed by atoms with Gasteiger partial charge in [0.15, 0.2) is 6.04 Å². The third-order valence-corrected chi connectivity index (χ3v) is 4.86. The number of aliphatic carboxylic acids is 1. The van der Waals surface area contributed by atoms with Crippen LogP contribution in [0.5, 0.6) is 0 Å².